The molecule has 3 heteroatoms. The Morgan fingerprint density at radius 1 is 0.667 bits per heavy atom. The molecule has 0 spiro atoms. The molecule has 2 aromatic heterocycles. The topological polar surface area (TPSA) is 38.9 Å². The molecule has 4 aromatic carbocycles. The molecular formula is C27H20N2O. The van der Waals surface area contributed by atoms with Crippen LogP contribution in [-0.4, -0.2) is 9.97 Å². The summed E-state index contributed by atoms with van der Waals surface area (Å²) in [6, 6.07) is 27.2. The van der Waals surface area contributed by atoms with Crippen molar-refractivity contribution >= 4 is 43.6 Å². The van der Waals surface area contributed by atoms with Crippen LogP contribution in [0.15, 0.2) is 83.3 Å². The number of rotatable bonds is 2. The number of furan rings is 1. The van der Waals surface area contributed by atoms with Crippen LogP contribution in [0.25, 0.3) is 54.9 Å². The third-order valence-electron chi connectivity index (χ3n) is 5.78. The van der Waals surface area contributed by atoms with Crippen LogP contribution in [0.1, 0.15) is 25.6 Å². The number of nitrogens with zero attached hydrogens (tertiary/aromatic N) is 2. The first-order valence-corrected chi connectivity index (χ1v) is 10.3. The second kappa shape index (κ2) is 6.39. The molecule has 0 unspecified atom stereocenters. The van der Waals surface area contributed by atoms with E-state index in [4.69, 9.17) is 14.4 Å². The van der Waals surface area contributed by atoms with Gasteiger partial charge in [0.2, 0.25) is 0 Å². The highest BCUT2D eigenvalue weighted by molar-refractivity contribution is 6.14. The molecule has 0 N–H and O–H groups in total. The third-order valence-corrected chi connectivity index (χ3v) is 5.78. The van der Waals surface area contributed by atoms with Crippen molar-refractivity contribution in [2.24, 2.45) is 0 Å². The van der Waals surface area contributed by atoms with E-state index in [9.17, 15) is 0 Å². The van der Waals surface area contributed by atoms with Crippen molar-refractivity contribution in [3.8, 4) is 11.3 Å². The van der Waals surface area contributed by atoms with E-state index in [0.29, 0.717) is 0 Å². The van der Waals surface area contributed by atoms with Gasteiger partial charge in [0.1, 0.15) is 17.0 Å². The summed E-state index contributed by atoms with van der Waals surface area (Å²) in [6.45, 7) is 4.27. The van der Waals surface area contributed by atoms with Crippen molar-refractivity contribution in [3.63, 3.8) is 0 Å². The first-order valence-electron chi connectivity index (χ1n) is 10.3. The fraction of sp³-hybridized carbons (Fsp3) is 0.111. The molecule has 6 rings (SSSR count). The van der Waals surface area contributed by atoms with Gasteiger partial charge in [-0.2, -0.15) is 0 Å². The van der Waals surface area contributed by atoms with Crippen LogP contribution >= 0.6 is 0 Å². The van der Waals surface area contributed by atoms with Crippen molar-refractivity contribution in [3.05, 3.63) is 84.7 Å². The van der Waals surface area contributed by atoms with E-state index in [1.807, 2.05) is 18.2 Å². The number of fused-ring (bicyclic) bond motifs is 6. The Bertz CT molecular complexity index is 1580. The lowest BCUT2D eigenvalue weighted by Crippen LogP contribution is -2.01. The summed E-state index contributed by atoms with van der Waals surface area (Å²) in [6.07, 6.45) is 0. The summed E-state index contributed by atoms with van der Waals surface area (Å²) < 4.78 is 6.31. The molecule has 3 nitrogen and oxygen atoms in total. The summed E-state index contributed by atoms with van der Waals surface area (Å²) >= 11 is 0. The molecule has 6 aromatic rings. The Hall–Kier alpha value is -3.72. The Morgan fingerprint density at radius 2 is 1.43 bits per heavy atom. The average Bonchev–Trinajstić information content (AvgIpc) is 3.17. The molecule has 0 fully saturated rings. The maximum Gasteiger partial charge on any atom is 0.144 e. The van der Waals surface area contributed by atoms with Gasteiger partial charge >= 0.3 is 0 Å². The minimum absolute atomic E-state index is 0.224. The number of aromatic nitrogens is 2. The standard InChI is InChI=1S/C27H20N2O/c1-16(2)27-28-24-18-9-4-3-8-17(18)14-15-21(24)25(29-27)22-12-7-11-20-19-10-5-6-13-23(19)30-26(20)22/h3-16H,1-2H3. The molecule has 144 valence electrons. The zero-order chi connectivity index (χ0) is 20.2. The highest BCUT2D eigenvalue weighted by Gasteiger charge is 2.18. The first-order chi connectivity index (χ1) is 14.7. The maximum absolute atomic E-state index is 6.31. The van der Waals surface area contributed by atoms with Crippen LogP contribution in [0.5, 0.6) is 0 Å². The van der Waals surface area contributed by atoms with Crippen molar-refractivity contribution in [1.82, 2.24) is 9.97 Å². The van der Waals surface area contributed by atoms with Crippen molar-refractivity contribution in [1.29, 1.82) is 0 Å². The van der Waals surface area contributed by atoms with E-state index >= 15 is 0 Å². The molecule has 0 radical (unpaired) electrons. The molecule has 0 saturated carbocycles. The molecule has 0 aliphatic heterocycles. The van der Waals surface area contributed by atoms with Gasteiger partial charge in [0.05, 0.1) is 11.2 Å². The molecule has 2 heterocycles. The van der Waals surface area contributed by atoms with Crippen LogP contribution in [-0.2, 0) is 0 Å². The van der Waals surface area contributed by atoms with Gasteiger partial charge in [0.15, 0.2) is 0 Å². The average molecular weight is 388 g/mol. The quantitative estimate of drug-likeness (QED) is 0.289. The minimum Gasteiger partial charge on any atom is -0.455 e. The van der Waals surface area contributed by atoms with Crippen LogP contribution in [0.4, 0.5) is 0 Å². The molecule has 0 saturated heterocycles. The summed E-state index contributed by atoms with van der Waals surface area (Å²) in [5, 5.41) is 5.62. The van der Waals surface area contributed by atoms with E-state index in [2.05, 4.69) is 74.5 Å². The second-order valence-corrected chi connectivity index (χ2v) is 8.05. The number of benzene rings is 4. The first kappa shape index (κ1) is 17.2. The largest absolute Gasteiger partial charge is 0.455 e. The normalized spacial score (nSPS) is 12.0. The Morgan fingerprint density at radius 3 is 2.30 bits per heavy atom. The van der Waals surface area contributed by atoms with E-state index in [1.54, 1.807) is 0 Å². The zero-order valence-electron chi connectivity index (χ0n) is 16.9. The highest BCUT2D eigenvalue weighted by Crippen LogP contribution is 2.38. The predicted octanol–water partition coefficient (Wildman–Crippen LogP) is 7.47. The summed E-state index contributed by atoms with van der Waals surface area (Å²) in [5.74, 6) is 1.07. The zero-order valence-corrected chi connectivity index (χ0v) is 16.9. The molecule has 30 heavy (non-hydrogen) atoms. The Labute approximate surface area is 174 Å². The molecular weight excluding hydrogens is 368 g/mol. The van der Waals surface area contributed by atoms with Gasteiger partial charge in [-0.05, 0) is 23.6 Å². The number of hydrogen-bond donors (Lipinski definition) is 0. The van der Waals surface area contributed by atoms with E-state index in [1.165, 1.54) is 5.39 Å². The van der Waals surface area contributed by atoms with Gasteiger partial charge in [-0.3, -0.25) is 0 Å². The van der Waals surface area contributed by atoms with Crippen molar-refractivity contribution in [2.45, 2.75) is 19.8 Å². The van der Waals surface area contributed by atoms with Gasteiger partial charge in [-0.1, -0.05) is 74.5 Å². The van der Waals surface area contributed by atoms with Crippen LogP contribution in [0, 0.1) is 0 Å². The van der Waals surface area contributed by atoms with Gasteiger partial charge in [0.25, 0.3) is 0 Å². The van der Waals surface area contributed by atoms with Crippen LogP contribution in [0.2, 0.25) is 0 Å². The number of para-hydroxylation sites is 2. The molecule has 0 bridgehead atoms. The lowest BCUT2D eigenvalue weighted by Gasteiger charge is -2.13. The fourth-order valence-electron chi connectivity index (χ4n) is 4.28. The number of hydrogen-bond acceptors (Lipinski definition) is 3. The summed E-state index contributed by atoms with van der Waals surface area (Å²) in [5.41, 5.74) is 4.71. The SMILES string of the molecule is CC(C)c1nc(-c2cccc3c2oc2ccccc23)c2ccc3ccccc3c2n1. The molecule has 0 amide bonds. The van der Waals surface area contributed by atoms with Crippen LogP contribution < -0.4 is 0 Å². The van der Waals surface area contributed by atoms with Gasteiger partial charge < -0.3 is 4.42 Å². The maximum atomic E-state index is 6.31. The fourth-order valence-corrected chi connectivity index (χ4v) is 4.28. The Kier molecular flexibility index (Phi) is 3.66. The van der Waals surface area contributed by atoms with Gasteiger partial charge in [-0.15, -0.1) is 0 Å². The Balaban J connectivity index is 1.77. The van der Waals surface area contributed by atoms with E-state index in [-0.39, 0.29) is 5.92 Å². The third kappa shape index (κ3) is 2.45. The lowest BCUT2D eigenvalue weighted by molar-refractivity contribution is 0.669. The molecule has 0 atom stereocenters. The molecule has 0 aliphatic carbocycles. The van der Waals surface area contributed by atoms with Crippen molar-refractivity contribution in [2.75, 3.05) is 0 Å². The summed E-state index contributed by atoms with van der Waals surface area (Å²) in [7, 11) is 0. The lowest BCUT2D eigenvalue weighted by atomic mass is 9.99. The minimum atomic E-state index is 0.224. The summed E-state index contributed by atoms with van der Waals surface area (Å²) in [4.78, 5) is 10.00. The van der Waals surface area contributed by atoms with E-state index in [0.717, 1.165) is 55.3 Å². The highest BCUT2D eigenvalue weighted by atomic mass is 16.3. The van der Waals surface area contributed by atoms with Gasteiger partial charge in [-0.25, -0.2) is 9.97 Å². The molecule has 0 aliphatic rings. The monoisotopic (exact) mass is 388 g/mol. The van der Waals surface area contributed by atoms with Crippen molar-refractivity contribution < 1.29 is 4.42 Å². The second-order valence-electron chi connectivity index (χ2n) is 8.05. The van der Waals surface area contributed by atoms with E-state index < -0.39 is 0 Å². The van der Waals surface area contributed by atoms with Crippen LogP contribution in [0.3, 0.4) is 0 Å². The van der Waals surface area contributed by atoms with Gasteiger partial charge in [0, 0.05) is 33.0 Å². The predicted molar refractivity (Wildman–Crippen MR) is 124 cm³/mol. The smallest absolute Gasteiger partial charge is 0.144 e.